The summed E-state index contributed by atoms with van der Waals surface area (Å²) in [5.41, 5.74) is 1.26. The molecule has 1 aromatic heterocycles. The largest absolute Gasteiger partial charge is 0.351 e. The summed E-state index contributed by atoms with van der Waals surface area (Å²) >= 11 is 6.84. The van der Waals surface area contributed by atoms with Gasteiger partial charge in [-0.05, 0) is 50.9 Å². The number of halogens is 2. The lowest BCUT2D eigenvalue weighted by Gasteiger charge is -2.26. The van der Waals surface area contributed by atoms with Crippen LogP contribution in [0.4, 0.5) is 0 Å². The molecule has 4 heteroatoms. The second kappa shape index (κ2) is 2.92. The molecule has 0 saturated carbocycles. The van der Waals surface area contributed by atoms with Crippen LogP contribution >= 0.6 is 31.9 Å². The van der Waals surface area contributed by atoms with Crippen molar-refractivity contribution in [3.63, 3.8) is 0 Å². The van der Waals surface area contributed by atoms with Gasteiger partial charge in [0.25, 0.3) is 0 Å². The van der Waals surface area contributed by atoms with Crippen molar-refractivity contribution in [3.05, 3.63) is 20.8 Å². The molecule has 1 aromatic rings. The first-order valence-corrected chi connectivity index (χ1v) is 5.13. The van der Waals surface area contributed by atoms with Crippen LogP contribution in [0.5, 0.6) is 0 Å². The van der Waals surface area contributed by atoms with Gasteiger partial charge in [-0.15, -0.1) is 0 Å². The van der Waals surface area contributed by atoms with E-state index in [0.29, 0.717) is 6.04 Å². The Morgan fingerprint density at radius 3 is 2.55 bits per heavy atom. The summed E-state index contributed by atoms with van der Waals surface area (Å²) < 4.78 is 2.13. The van der Waals surface area contributed by atoms with Crippen LogP contribution in [0.2, 0.25) is 0 Å². The van der Waals surface area contributed by atoms with Crippen LogP contribution in [-0.2, 0) is 0 Å². The van der Waals surface area contributed by atoms with Gasteiger partial charge >= 0.3 is 0 Å². The third-order valence-corrected chi connectivity index (χ3v) is 3.73. The normalized spacial score (nSPS) is 23.3. The van der Waals surface area contributed by atoms with E-state index in [9.17, 15) is 0 Å². The summed E-state index contributed by atoms with van der Waals surface area (Å²) in [6, 6.07) is 2.65. The van der Waals surface area contributed by atoms with Gasteiger partial charge in [-0.2, -0.15) is 0 Å². The lowest BCUT2D eigenvalue weighted by molar-refractivity contribution is 0.376. The molecule has 0 radical (unpaired) electrons. The number of nitrogens with one attached hydrogen (secondary N) is 2. The second-order valence-electron chi connectivity index (χ2n) is 2.68. The SMILES string of the molecule is Brc1cc(C2CCN2)[nH]c1Br. The van der Waals surface area contributed by atoms with Crippen LogP contribution in [-0.4, -0.2) is 11.5 Å². The van der Waals surface area contributed by atoms with E-state index < -0.39 is 0 Å². The zero-order valence-electron chi connectivity index (χ0n) is 5.82. The topological polar surface area (TPSA) is 27.8 Å². The fourth-order valence-corrected chi connectivity index (χ4v) is 1.85. The highest BCUT2D eigenvalue weighted by Gasteiger charge is 2.20. The molecule has 11 heavy (non-hydrogen) atoms. The van der Waals surface area contributed by atoms with Gasteiger partial charge in [-0.1, -0.05) is 0 Å². The monoisotopic (exact) mass is 278 g/mol. The van der Waals surface area contributed by atoms with Crippen molar-refractivity contribution < 1.29 is 0 Å². The van der Waals surface area contributed by atoms with Gasteiger partial charge in [0, 0.05) is 16.2 Å². The van der Waals surface area contributed by atoms with Crippen molar-refractivity contribution in [1.29, 1.82) is 0 Å². The molecule has 60 valence electrons. The van der Waals surface area contributed by atoms with Crippen molar-refractivity contribution in [2.45, 2.75) is 12.5 Å². The Morgan fingerprint density at radius 1 is 1.45 bits per heavy atom. The maximum Gasteiger partial charge on any atom is 0.0966 e. The Morgan fingerprint density at radius 2 is 2.18 bits per heavy atom. The molecule has 2 nitrogen and oxygen atoms in total. The van der Waals surface area contributed by atoms with Crippen molar-refractivity contribution in [2.75, 3.05) is 6.54 Å². The van der Waals surface area contributed by atoms with Crippen LogP contribution < -0.4 is 5.32 Å². The number of rotatable bonds is 1. The minimum absolute atomic E-state index is 0.539. The maximum absolute atomic E-state index is 3.43. The standard InChI is InChI=1S/C7H8Br2N2/c8-4-3-6(11-7(4)9)5-1-2-10-5/h3,5,10-11H,1-2H2. The van der Waals surface area contributed by atoms with E-state index in [-0.39, 0.29) is 0 Å². The van der Waals surface area contributed by atoms with Gasteiger partial charge in [-0.25, -0.2) is 0 Å². The smallest absolute Gasteiger partial charge is 0.0966 e. The lowest BCUT2D eigenvalue weighted by Crippen LogP contribution is -2.35. The minimum atomic E-state index is 0.539. The molecule has 1 saturated heterocycles. The van der Waals surface area contributed by atoms with E-state index in [1.165, 1.54) is 12.1 Å². The molecule has 1 aliphatic heterocycles. The summed E-state index contributed by atoms with van der Waals surface area (Å²) in [6.07, 6.45) is 1.24. The van der Waals surface area contributed by atoms with Gasteiger partial charge < -0.3 is 10.3 Å². The molecule has 1 aliphatic rings. The van der Waals surface area contributed by atoms with Crippen LogP contribution in [0.3, 0.4) is 0 Å². The Kier molecular flexibility index (Phi) is 2.08. The number of hydrogen-bond acceptors (Lipinski definition) is 1. The molecular weight excluding hydrogens is 272 g/mol. The Hall–Kier alpha value is 0.200. The lowest BCUT2D eigenvalue weighted by atomic mass is 10.0. The van der Waals surface area contributed by atoms with Gasteiger partial charge in [0.15, 0.2) is 0 Å². The first-order chi connectivity index (χ1) is 5.27. The van der Waals surface area contributed by atoms with Crippen LogP contribution in [0, 0.1) is 0 Å². The predicted molar refractivity (Wildman–Crippen MR) is 51.6 cm³/mol. The Labute approximate surface area is 82.0 Å². The quantitative estimate of drug-likeness (QED) is 0.813. The van der Waals surface area contributed by atoms with Crippen molar-refractivity contribution in [1.82, 2.24) is 10.3 Å². The molecule has 0 amide bonds. The average Bonchev–Trinajstić information content (AvgIpc) is 2.08. The molecule has 0 aliphatic carbocycles. The third kappa shape index (κ3) is 1.39. The van der Waals surface area contributed by atoms with Crippen LogP contribution in [0.25, 0.3) is 0 Å². The van der Waals surface area contributed by atoms with Gasteiger partial charge in [0.05, 0.1) is 4.60 Å². The maximum atomic E-state index is 3.43. The molecule has 1 atom stereocenters. The first kappa shape index (κ1) is 7.83. The average molecular weight is 280 g/mol. The van der Waals surface area contributed by atoms with Gasteiger partial charge in [-0.3, -0.25) is 0 Å². The molecular formula is C7H8Br2N2. The fraction of sp³-hybridized carbons (Fsp3) is 0.429. The van der Waals surface area contributed by atoms with E-state index in [1.54, 1.807) is 0 Å². The van der Waals surface area contributed by atoms with Crippen molar-refractivity contribution in [2.24, 2.45) is 0 Å². The molecule has 2 rings (SSSR count). The van der Waals surface area contributed by atoms with Crippen molar-refractivity contribution in [3.8, 4) is 0 Å². The third-order valence-electron chi connectivity index (χ3n) is 1.95. The zero-order valence-corrected chi connectivity index (χ0v) is 9.00. The first-order valence-electron chi connectivity index (χ1n) is 3.54. The summed E-state index contributed by atoms with van der Waals surface area (Å²) in [5, 5.41) is 3.33. The summed E-state index contributed by atoms with van der Waals surface area (Å²) in [7, 11) is 0. The number of aromatic nitrogens is 1. The molecule has 1 unspecified atom stereocenters. The molecule has 2 heterocycles. The van der Waals surface area contributed by atoms with Gasteiger partial charge in [0.1, 0.15) is 0 Å². The Bertz CT molecular complexity index is 246. The molecule has 1 fully saturated rings. The van der Waals surface area contributed by atoms with E-state index in [1.807, 2.05) is 0 Å². The van der Waals surface area contributed by atoms with E-state index in [2.05, 4.69) is 48.2 Å². The molecule has 2 N–H and O–H groups in total. The zero-order chi connectivity index (χ0) is 7.84. The Balaban J connectivity index is 2.24. The summed E-state index contributed by atoms with van der Waals surface area (Å²) in [5.74, 6) is 0. The highest BCUT2D eigenvalue weighted by molar-refractivity contribution is 9.13. The molecule has 0 bridgehead atoms. The summed E-state index contributed by atoms with van der Waals surface area (Å²) in [6.45, 7) is 1.14. The molecule has 0 spiro atoms. The van der Waals surface area contributed by atoms with Crippen molar-refractivity contribution >= 4 is 31.9 Å². The van der Waals surface area contributed by atoms with Crippen LogP contribution in [0.1, 0.15) is 18.2 Å². The fourth-order valence-electron chi connectivity index (χ4n) is 1.16. The number of aromatic amines is 1. The molecule has 0 aromatic carbocycles. The number of hydrogen-bond donors (Lipinski definition) is 2. The predicted octanol–water partition coefficient (Wildman–Crippen LogP) is 2.57. The number of H-pyrrole nitrogens is 1. The minimum Gasteiger partial charge on any atom is -0.351 e. The van der Waals surface area contributed by atoms with E-state index in [4.69, 9.17) is 0 Å². The van der Waals surface area contributed by atoms with E-state index >= 15 is 0 Å². The highest BCUT2D eigenvalue weighted by atomic mass is 79.9. The van der Waals surface area contributed by atoms with Gasteiger partial charge in [0.2, 0.25) is 0 Å². The van der Waals surface area contributed by atoms with E-state index in [0.717, 1.165) is 15.6 Å². The second-order valence-corrected chi connectivity index (χ2v) is 4.33. The summed E-state index contributed by atoms with van der Waals surface area (Å²) in [4.78, 5) is 3.25. The van der Waals surface area contributed by atoms with Crippen LogP contribution in [0.15, 0.2) is 15.1 Å². The highest BCUT2D eigenvalue weighted by Crippen LogP contribution is 2.29.